The Balaban J connectivity index is 2.62. The van der Waals surface area contributed by atoms with E-state index in [1.807, 2.05) is 0 Å². The molecule has 1 amide bonds. The van der Waals surface area contributed by atoms with Gasteiger partial charge in [0.15, 0.2) is 0 Å². The minimum atomic E-state index is -0.521. The molecule has 1 aromatic carbocycles. The van der Waals surface area contributed by atoms with Crippen LogP contribution in [0.4, 0.5) is 4.79 Å². The average Bonchev–Trinajstić information content (AvgIpc) is 2.20. The van der Waals surface area contributed by atoms with E-state index in [2.05, 4.69) is 5.32 Å². The van der Waals surface area contributed by atoms with Gasteiger partial charge in [-0.15, -0.1) is 0 Å². The second-order valence-electron chi connectivity index (χ2n) is 5.10. The topological polar surface area (TPSA) is 58.6 Å². The van der Waals surface area contributed by atoms with E-state index in [1.54, 1.807) is 39.8 Å². The van der Waals surface area contributed by atoms with Gasteiger partial charge in [0.25, 0.3) is 0 Å². The summed E-state index contributed by atoms with van der Waals surface area (Å²) in [6.45, 7) is 7.45. The number of ether oxygens (including phenoxy) is 1. The van der Waals surface area contributed by atoms with Crippen LogP contribution < -0.4 is 5.32 Å². The van der Waals surface area contributed by atoms with Crippen molar-refractivity contribution in [3.8, 4) is 5.75 Å². The zero-order valence-electron chi connectivity index (χ0n) is 11.0. The van der Waals surface area contributed by atoms with Crippen molar-refractivity contribution in [1.82, 2.24) is 5.32 Å². The van der Waals surface area contributed by atoms with Crippen LogP contribution in [0.1, 0.15) is 31.9 Å². The molecule has 0 fully saturated rings. The number of nitrogens with one attached hydrogen (secondary N) is 1. The first-order chi connectivity index (χ1) is 8.19. The fourth-order valence-electron chi connectivity index (χ4n) is 1.40. The monoisotopic (exact) mass is 271 g/mol. The van der Waals surface area contributed by atoms with Crippen molar-refractivity contribution in [2.45, 2.75) is 39.8 Å². The van der Waals surface area contributed by atoms with E-state index in [0.29, 0.717) is 12.1 Å². The maximum atomic E-state index is 11.5. The lowest BCUT2D eigenvalue weighted by Crippen LogP contribution is -2.32. The van der Waals surface area contributed by atoms with Crippen LogP contribution in [-0.4, -0.2) is 16.8 Å². The highest BCUT2D eigenvalue weighted by molar-refractivity contribution is 6.32. The molecule has 0 radical (unpaired) electrons. The lowest BCUT2D eigenvalue weighted by Gasteiger charge is -2.19. The van der Waals surface area contributed by atoms with Crippen molar-refractivity contribution < 1.29 is 14.6 Å². The first-order valence-electron chi connectivity index (χ1n) is 5.64. The molecule has 100 valence electrons. The molecule has 0 aliphatic rings. The van der Waals surface area contributed by atoms with Crippen molar-refractivity contribution in [2.75, 3.05) is 0 Å². The molecule has 18 heavy (non-hydrogen) atoms. The van der Waals surface area contributed by atoms with Crippen LogP contribution in [0.2, 0.25) is 5.02 Å². The van der Waals surface area contributed by atoms with Gasteiger partial charge in [-0.25, -0.2) is 4.79 Å². The number of carbonyl (C=O) groups is 1. The third kappa shape index (κ3) is 4.45. The Morgan fingerprint density at radius 3 is 2.56 bits per heavy atom. The van der Waals surface area contributed by atoms with Crippen LogP contribution in [-0.2, 0) is 11.3 Å². The Morgan fingerprint density at radius 1 is 1.44 bits per heavy atom. The maximum absolute atomic E-state index is 11.5. The Hall–Kier alpha value is -1.42. The second kappa shape index (κ2) is 5.48. The molecular weight excluding hydrogens is 254 g/mol. The summed E-state index contributed by atoms with van der Waals surface area (Å²) in [7, 11) is 0. The Kier molecular flexibility index (Phi) is 4.46. The van der Waals surface area contributed by atoms with Crippen LogP contribution in [0, 0.1) is 6.92 Å². The molecule has 4 nitrogen and oxygen atoms in total. The molecule has 0 saturated heterocycles. The molecule has 0 unspecified atom stereocenters. The number of phenolic OH excluding ortho intramolecular Hbond substituents is 1. The number of phenols is 1. The van der Waals surface area contributed by atoms with Crippen LogP contribution in [0.15, 0.2) is 12.1 Å². The van der Waals surface area contributed by atoms with Gasteiger partial charge >= 0.3 is 6.09 Å². The van der Waals surface area contributed by atoms with Gasteiger partial charge in [-0.1, -0.05) is 17.7 Å². The van der Waals surface area contributed by atoms with Crippen molar-refractivity contribution in [1.29, 1.82) is 0 Å². The largest absolute Gasteiger partial charge is 0.506 e. The van der Waals surface area contributed by atoms with E-state index in [-0.39, 0.29) is 10.8 Å². The standard InChI is InChI=1S/C13H18ClNO3/c1-8-5-9(6-10(14)11(8)16)7-15-12(17)18-13(2,3)4/h5-6,16H,7H2,1-4H3,(H,15,17). The third-order valence-electron chi connectivity index (χ3n) is 2.15. The second-order valence-corrected chi connectivity index (χ2v) is 5.51. The van der Waals surface area contributed by atoms with E-state index in [0.717, 1.165) is 5.56 Å². The summed E-state index contributed by atoms with van der Waals surface area (Å²) in [5.41, 5.74) is 0.955. The van der Waals surface area contributed by atoms with Crippen molar-refractivity contribution >= 4 is 17.7 Å². The maximum Gasteiger partial charge on any atom is 0.407 e. The van der Waals surface area contributed by atoms with E-state index in [4.69, 9.17) is 16.3 Å². The van der Waals surface area contributed by atoms with Gasteiger partial charge in [0, 0.05) is 6.54 Å². The van der Waals surface area contributed by atoms with E-state index >= 15 is 0 Å². The fourth-order valence-corrected chi connectivity index (χ4v) is 1.69. The smallest absolute Gasteiger partial charge is 0.407 e. The van der Waals surface area contributed by atoms with Crippen molar-refractivity contribution in [3.63, 3.8) is 0 Å². The minimum Gasteiger partial charge on any atom is -0.506 e. The lowest BCUT2D eigenvalue weighted by atomic mass is 10.1. The summed E-state index contributed by atoms with van der Waals surface area (Å²) in [5.74, 6) is 0.0673. The molecule has 2 N–H and O–H groups in total. The van der Waals surface area contributed by atoms with E-state index in [1.165, 1.54) is 0 Å². The molecule has 0 atom stereocenters. The molecule has 1 rings (SSSR count). The molecule has 0 bridgehead atoms. The molecular formula is C13H18ClNO3. The van der Waals surface area contributed by atoms with E-state index in [9.17, 15) is 9.90 Å². The third-order valence-corrected chi connectivity index (χ3v) is 2.44. The number of aromatic hydroxyl groups is 1. The van der Waals surface area contributed by atoms with Gasteiger partial charge in [-0.2, -0.15) is 0 Å². The number of aryl methyl sites for hydroxylation is 1. The predicted octanol–water partition coefficient (Wildman–Crippen LogP) is 3.38. The normalized spacial score (nSPS) is 11.2. The highest BCUT2D eigenvalue weighted by Crippen LogP contribution is 2.28. The summed E-state index contributed by atoms with van der Waals surface area (Å²) in [6.07, 6.45) is -0.482. The first kappa shape index (κ1) is 14.6. The van der Waals surface area contributed by atoms with Gasteiger partial charge in [-0.05, 0) is 44.9 Å². The van der Waals surface area contributed by atoms with Gasteiger partial charge < -0.3 is 15.2 Å². The lowest BCUT2D eigenvalue weighted by molar-refractivity contribution is 0.0523. The van der Waals surface area contributed by atoms with Crippen LogP contribution in [0.25, 0.3) is 0 Å². The molecule has 0 aliphatic carbocycles. The fraction of sp³-hybridized carbons (Fsp3) is 0.462. The number of amides is 1. The Bertz CT molecular complexity index is 429. The van der Waals surface area contributed by atoms with Gasteiger partial charge in [0.1, 0.15) is 11.4 Å². The summed E-state index contributed by atoms with van der Waals surface area (Å²) >= 11 is 5.85. The number of carbonyl (C=O) groups excluding carboxylic acids is 1. The number of hydrogen-bond acceptors (Lipinski definition) is 3. The molecule has 1 aromatic rings. The molecule has 0 saturated carbocycles. The molecule has 0 aliphatic heterocycles. The van der Waals surface area contributed by atoms with Crippen LogP contribution in [0.3, 0.4) is 0 Å². The van der Waals surface area contributed by atoms with Gasteiger partial charge in [0.2, 0.25) is 0 Å². The van der Waals surface area contributed by atoms with Crippen molar-refractivity contribution in [2.24, 2.45) is 0 Å². The van der Waals surface area contributed by atoms with E-state index < -0.39 is 11.7 Å². The predicted molar refractivity (Wildman–Crippen MR) is 70.9 cm³/mol. The zero-order chi connectivity index (χ0) is 13.9. The molecule has 5 heteroatoms. The summed E-state index contributed by atoms with van der Waals surface area (Å²) < 4.78 is 5.11. The van der Waals surface area contributed by atoms with Gasteiger partial charge in [-0.3, -0.25) is 0 Å². The number of alkyl carbamates (subject to hydrolysis) is 1. The average molecular weight is 272 g/mol. The van der Waals surface area contributed by atoms with Crippen LogP contribution in [0.5, 0.6) is 5.75 Å². The SMILES string of the molecule is Cc1cc(CNC(=O)OC(C)(C)C)cc(Cl)c1O. The Labute approximate surface area is 112 Å². The molecule has 0 heterocycles. The summed E-state index contributed by atoms with van der Waals surface area (Å²) in [6, 6.07) is 3.37. The summed E-state index contributed by atoms with van der Waals surface area (Å²) in [5, 5.41) is 12.4. The van der Waals surface area contributed by atoms with Crippen molar-refractivity contribution in [3.05, 3.63) is 28.3 Å². The Morgan fingerprint density at radius 2 is 2.06 bits per heavy atom. The highest BCUT2D eigenvalue weighted by atomic mass is 35.5. The minimum absolute atomic E-state index is 0.0673. The van der Waals surface area contributed by atoms with Gasteiger partial charge in [0.05, 0.1) is 5.02 Å². The number of benzene rings is 1. The zero-order valence-corrected chi connectivity index (χ0v) is 11.8. The molecule has 0 spiro atoms. The molecule has 0 aromatic heterocycles. The summed E-state index contributed by atoms with van der Waals surface area (Å²) in [4.78, 5) is 11.5. The first-order valence-corrected chi connectivity index (χ1v) is 6.01. The quantitative estimate of drug-likeness (QED) is 0.867. The number of halogens is 1. The highest BCUT2D eigenvalue weighted by Gasteiger charge is 2.15. The number of hydrogen-bond donors (Lipinski definition) is 2. The van der Waals surface area contributed by atoms with Crippen LogP contribution >= 0.6 is 11.6 Å². The number of rotatable bonds is 2.